The minimum atomic E-state index is -1.93. The Morgan fingerprint density at radius 2 is 2.00 bits per heavy atom. The number of aliphatic carboxylic acids is 1. The van der Waals surface area contributed by atoms with Gasteiger partial charge in [0.2, 0.25) is 0 Å². The molecule has 13 heavy (non-hydrogen) atoms. The van der Waals surface area contributed by atoms with Crippen LogP contribution in [0.1, 0.15) is 26.7 Å². The predicted octanol–water partition coefficient (Wildman–Crippen LogP) is 0.165. The van der Waals surface area contributed by atoms with E-state index in [1.54, 1.807) is 6.92 Å². The van der Waals surface area contributed by atoms with Crippen molar-refractivity contribution in [3.05, 3.63) is 0 Å². The summed E-state index contributed by atoms with van der Waals surface area (Å²) in [6.07, 6.45) is -0.00949. The van der Waals surface area contributed by atoms with Gasteiger partial charge in [0.05, 0.1) is 13.0 Å². The Balaban J connectivity index is 4.10. The smallest absolute Gasteiger partial charge is 0.338 e. The summed E-state index contributed by atoms with van der Waals surface area (Å²) in [5, 5.41) is 17.7. The Morgan fingerprint density at radius 1 is 1.46 bits per heavy atom. The Morgan fingerprint density at radius 3 is 2.38 bits per heavy atom. The average Bonchev–Trinajstić information content (AvgIpc) is 1.97. The first-order valence-electron chi connectivity index (χ1n) is 4.01. The minimum absolute atomic E-state index is 0.189. The molecule has 0 aliphatic rings. The van der Waals surface area contributed by atoms with Crippen LogP contribution < -0.4 is 0 Å². The first-order valence-corrected chi connectivity index (χ1v) is 4.01. The largest absolute Gasteiger partial charge is 0.481 e. The number of carboxylic acids is 1. The average molecular weight is 190 g/mol. The van der Waals surface area contributed by atoms with Crippen molar-refractivity contribution in [3.63, 3.8) is 0 Å². The molecule has 0 rings (SSSR count). The second-order valence-electron chi connectivity index (χ2n) is 2.98. The van der Waals surface area contributed by atoms with Crippen LogP contribution in [0, 0.1) is 0 Å². The molecule has 76 valence electrons. The first kappa shape index (κ1) is 11.9. The lowest BCUT2D eigenvalue weighted by atomic mass is 10.0. The number of esters is 1. The highest BCUT2D eigenvalue weighted by atomic mass is 16.5. The van der Waals surface area contributed by atoms with Gasteiger partial charge in [-0.15, -0.1) is 0 Å². The molecular weight excluding hydrogens is 176 g/mol. The zero-order valence-corrected chi connectivity index (χ0v) is 7.74. The van der Waals surface area contributed by atoms with Crippen molar-refractivity contribution in [1.29, 1.82) is 0 Å². The molecule has 0 aromatic rings. The molecule has 5 nitrogen and oxygen atoms in total. The number of rotatable bonds is 5. The Bertz CT molecular complexity index is 197. The van der Waals surface area contributed by atoms with Crippen molar-refractivity contribution in [2.45, 2.75) is 32.3 Å². The fraction of sp³-hybridized carbons (Fsp3) is 0.750. The van der Waals surface area contributed by atoms with E-state index in [-0.39, 0.29) is 6.61 Å². The van der Waals surface area contributed by atoms with Gasteiger partial charge in [-0.3, -0.25) is 4.79 Å². The van der Waals surface area contributed by atoms with E-state index in [2.05, 4.69) is 4.74 Å². The summed E-state index contributed by atoms with van der Waals surface area (Å²) < 4.78 is 4.60. The Labute approximate surface area is 76.3 Å². The van der Waals surface area contributed by atoms with Gasteiger partial charge < -0.3 is 14.9 Å². The van der Waals surface area contributed by atoms with Crippen molar-refractivity contribution >= 4 is 11.9 Å². The zero-order valence-electron chi connectivity index (χ0n) is 7.74. The SMILES string of the molecule is CCCOC(=O)C(C)(O)CC(=O)O. The van der Waals surface area contributed by atoms with Gasteiger partial charge in [0.25, 0.3) is 0 Å². The van der Waals surface area contributed by atoms with Crippen molar-refractivity contribution in [2.75, 3.05) is 6.61 Å². The molecule has 0 heterocycles. The van der Waals surface area contributed by atoms with E-state index < -0.39 is 24.0 Å². The molecule has 0 aromatic heterocycles. The van der Waals surface area contributed by atoms with Crippen molar-refractivity contribution in [3.8, 4) is 0 Å². The summed E-state index contributed by atoms with van der Waals surface area (Å²) in [5.41, 5.74) is -1.93. The van der Waals surface area contributed by atoms with Crippen LogP contribution in [-0.4, -0.2) is 34.4 Å². The summed E-state index contributed by atoms with van der Waals surface area (Å²) in [5.74, 6) is -2.13. The number of hydrogen-bond donors (Lipinski definition) is 2. The van der Waals surface area contributed by atoms with Gasteiger partial charge in [-0.1, -0.05) is 6.92 Å². The third kappa shape index (κ3) is 4.47. The molecule has 0 saturated carbocycles. The quantitative estimate of drug-likeness (QED) is 0.603. The molecule has 1 atom stereocenters. The normalized spacial score (nSPS) is 14.7. The summed E-state index contributed by atoms with van der Waals surface area (Å²) in [6, 6.07) is 0. The molecule has 2 N–H and O–H groups in total. The van der Waals surface area contributed by atoms with E-state index in [0.717, 1.165) is 6.92 Å². The van der Waals surface area contributed by atoms with E-state index in [4.69, 9.17) is 5.11 Å². The fourth-order valence-electron chi connectivity index (χ4n) is 0.717. The Kier molecular flexibility index (Phi) is 4.40. The van der Waals surface area contributed by atoms with Crippen LogP contribution in [0.4, 0.5) is 0 Å². The lowest BCUT2D eigenvalue weighted by molar-refractivity contribution is -0.168. The highest BCUT2D eigenvalue weighted by Gasteiger charge is 2.34. The second-order valence-corrected chi connectivity index (χ2v) is 2.98. The highest BCUT2D eigenvalue weighted by molar-refractivity contribution is 5.84. The topological polar surface area (TPSA) is 83.8 Å². The maximum Gasteiger partial charge on any atom is 0.338 e. The lowest BCUT2D eigenvalue weighted by Crippen LogP contribution is -2.39. The molecule has 0 saturated heterocycles. The van der Waals surface area contributed by atoms with Crippen LogP contribution in [0.25, 0.3) is 0 Å². The monoisotopic (exact) mass is 190 g/mol. The third-order valence-corrected chi connectivity index (χ3v) is 1.37. The van der Waals surface area contributed by atoms with Crippen molar-refractivity contribution in [1.82, 2.24) is 0 Å². The van der Waals surface area contributed by atoms with Crippen molar-refractivity contribution < 1.29 is 24.5 Å². The molecular formula is C8H14O5. The first-order chi connectivity index (χ1) is 5.90. The van der Waals surface area contributed by atoms with E-state index in [9.17, 15) is 14.7 Å². The fourth-order valence-corrected chi connectivity index (χ4v) is 0.717. The van der Waals surface area contributed by atoms with Crippen LogP contribution in [0.2, 0.25) is 0 Å². The maximum absolute atomic E-state index is 11.0. The second kappa shape index (κ2) is 4.81. The summed E-state index contributed by atoms with van der Waals surface area (Å²) >= 11 is 0. The number of carbonyl (C=O) groups excluding carboxylic acids is 1. The summed E-state index contributed by atoms with van der Waals surface area (Å²) in [6.45, 7) is 3.12. The number of aliphatic hydroxyl groups is 1. The lowest BCUT2D eigenvalue weighted by Gasteiger charge is -2.18. The molecule has 0 spiro atoms. The highest BCUT2D eigenvalue weighted by Crippen LogP contribution is 2.11. The number of ether oxygens (including phenoxy) is 1. The van der Waals surface area contributed by atoms with E-state index in [0.29, 0.717) is 6.42 Å². The molecule has 0 aromatic carbocycles. The number of carbonyl (C=O) groups is 2. The number of carboxylic acid groups (broad SMARTS) is 1. The van der Waals surface area contributed by atoms with Gasteiger partial charge in [0.15, 0.2) is 5.60 Å². The van der Waals surface area contributed by atoms with Crippen LogP contribution in [0.15, 0.2) is 0 Å². The predicted molar refractivity (Wildman–Crippen MR) is 44.1 cm³/mol. The van der Waals surface area contributed by atoms with E-state index in [1.165, 1.54) is 0 Å². The van der Waals surface area contributed by atoms with Gasteiger partial charge in [-0.25, -0.2) is 4.79 Å². The van der Waals surface area contributed by atoms with Crippen molar-refractivity contribution in [2.24, 2.45) is 0 Å². The minimum Gasteiger partial charge on any atom is -0.481 e. The van der Waals surface area contributed by atoms with Gasteiger partial charge in [-0.05, 0) is 13.3 Å². The molecule has 5 heteroatoms. The number of hydrogen-bond acceptors (Lipinski definition) is 4. The molecule has 1 unspecified atom stereocenters. The summed E-state index contributed by atoms with van der Waals surface area (Å²) in [4.78, 5) is 21.2. The van der Waals surface area contributed by atoms with Crippen LogP contribution >= 0.6 is 0 Å². The van der Waals surface area contributed by atoms with Gasteiger partial charge in [0.1, 0.15) is 0 Å². The maximum atomic E-state index is 11.0. The Hall–Kier alpha value is -1.10. The molecule has 0 fully saturated rings. The van der Waals surface area contributed by atoms with Crippen LogP contribution in [-0.2, 0) is 14.3 Å². The molecule has 0 aliphatic heterocycles. The molecule has 0 amide bonds. The van der Waals surface area contributed by atoms with Gasteiger partial charge in [-0.2, -0.15) is 0 Å². The molecule has 0 radical (unpaired) electrons. The summed E-state index contributed by atoms with van der Waals surface area (Å²) in [7, 11) is 0. The zero-order chi connectivity index (χ0) is 10.5. The van der Waals surface area contributed by atoms with Crippen LogP contribution in [0.5, 0.6) is 0 Å². The van der Waals surface area contributed by atoms with E-state index in [1.807, 2.05) is 0 Å². The standard InChI is InChI=1S/C8H14O5/c1-3-4-13-7(11)8(2,12)5-6(9)10/h12H,3-5H2,1-2H3,(H,9,10). The van der Waals surface area contributed by atoms with Gasteiger partial charge in [0, 0.05) is 0 Å². The van der Waals surface area contributed by atoms with E-state index >= 15 is 0 Å². The molecule has 0 aliphatic carbocycles. The van der Waals surface area contributed by atoms with Crippen LogP contribution in [0.3, 0.4) is 0 Å². The van der Waals surface area contributed by atoms with Gasteiger partial charge >= 0.3 is 11.9 Å². The molecule has 0 bridgehead atoms. The third-order valence-electron chi connectivity index (χ3n) is 1.37.